The molecule has 1 unspecified atom stereocenters. The standard InChI is InChI=1S/C18H16N10O7S3/c1-2-3-27-18(22-25-26-27)37-6-7-5-36-15-10(14(32)28(15)11(7)16(33)34)20-13(31)9(23-35-4-8(29)30)12-21-17(19)38-24-12/h1,10,15H,3-6H2,(H,20,31)(H,29,30)(H,33,34)(H2,19,21,24)/b23-9-/t10?,15-/m1/s1. The van der Waals surface area contributed by atoms with Crippen LogP contribution in [0.15, 0.2) is 21.6 Å². The molecule has 17 nitrogen and oxygen atoms in total. The number of amides is 2. The predicted molar refractivity (Wildman–Crippen MR) is 132 cm³/mol. The molecule has 198 valence electrons. The number of oxime groups is 1. The van der Waals surface area contributed by atoms with Gasteiger partial charge in [0.2, 0.25) is 23.3 Å². The number of thioether (sulfide) groups is 2. The normalized spacial score (nSPS) is 18.9. The number of terminal acetylenes is 1. The summed E-state index contributed by atoms with van der Waals surface area (Å²) in [4.78, 5) is 58.3. The number of β-lactam (4-membered cyclic amide) rings is 1. The molecule has 38 heavy (non-hydrogen) atoms. The van der Waals surface area contributed by atoms with Crippen molar-refractivity contribution in [3.63, 3.8) is 0 Å². The van der Waals surface area contributed by atoms with E-state index in [9.17, 15) is 24.3 Å². The van der Waals surface area contributed by atoms with Gasteiger partial charge in [0, 0.05) is 23.0 Å². The summed E-state index contributed by atoms with van der Waals surface area (Å²) in [7, 11) is 0. The van der Waals surface area contributed by atoms with Gasteiger partial charge in [-0.1, -0.05) is 22.8 Å². The van der Waals surface area contributed by atoms with Gasteiger partial charge in [-0.05, 0) is 16.0 Å². The highest BCUT2D eigenvalue weighted by molar-refractivity contribution is 8.01. The monoisotopic (exact) mass is 580 g/mol. The molecule has 0 radical (unpaired) electrons. The van der Waals surface area contributed by atoms with Crippen molar-refractivity contribution in [2.75, 3.05) is 23.8 Å². The molecule has 1 fully saturated rings. The number of anilines is 1. The molecular weight excluding hydrogens is 564 g/mol. The summed E-state index contributed by atoms with van der Waals surface area (Å²) >= 11 is 3.18. The number of carbonyl (C=O) groups excluding carboxylic acids is 2. The second-order valence-corrected chi connectivity index (χ2v) is 10.1. The Balaban J connectivity index is 1.49. The zero-order chi connectivity index (χ0) is 27.4. The van der Waals surface area contributed by atoms with Gasteiger partial charge in [0.05, 0.1) is 0 Å². The number of fused-ring (bicyclic) bond motifs is 1. The number of carbonyl (C=O) groups is 4. The molecule has 1 saturated heterocycles. The largest absolute Gasteiger partial charge is 0.479 e. The highest BCUT2D eigenvalue weighted by atomic mass is 32.2. The number of tetrazole rings is 1. The summed E-state index contributed by atoms with van der Waals surface area (Å²) < 4.78 is 5.25. The third-order valence-electron chi connectivity index (χ3n) is 4.86. The number of rotatable bonds is 11. The lowest BCUT2D eigenvalue weighted by molar-refractivity contribution is -0.150. The first-order chi connectivity index (χ1) is 18.2. The molecule has 0 bridgehead atoms. The summed E-state index contributed by atoms with van der Waals surface area (Å²) in [6.45, 7) is -0.702. The second kappa shape index (κ2) is 11.4. The first-order valence-corrected chi connectivity index (χ1v) is 13.1. The molecule has 2 aliphatic rings. The third-order valence-corrected chi connectivity index (χ3v) is 7.79. The van der Waals surface area contributed by atoms with Crippen molar-refractivity contribution in [1.82, 2.24) is 39.8 Å². The Morgan fingerprint density at radius 1 is 1.37 bits per heavy atom. The highest BCUT2D eigenvalue weighted by Gasteiger charge is 2.54. The van der Waals surface area contributed by atoms with E-state index in [0.29, 0.717) is 10.7 Å². The number of nitrogens with one attached hydrogen (secondary N) is 1. The molecule has 0 aliphatic carbocycles. The molecule has 0 spiro atoms. The Hall–Kier alpha value is -4.22. The van der Waals surface area contributed by atoms with Gasteiger partial charge in [0.15, 0.2) is 5.13 Å². The van der Waals surface area contributed by atoms with Gasteiger partial charge in [-0.2, -0.15) is 9.36 Å². The highest BCUT2D eigenvalue weighted by Crippen LogP contribution is 2.41. The minimum Gasteiger partial charge on any atom is -0.479 e. The molecule has 2 atom stereocenters. The minimum atomic E-state index is -1.34. The van der Waals surface area contributed by atoms with Gasteiger partial charge < -0.3 is 26.1 Å². The van der Waals surface area contributed by atoms with E-state index in [0.717, 1.165) is 16.4 Å². The number of carboxylic acids is 2. The smallest absolute Gasteiger partial charge is 0.352 e. The predicted octanol–water partition coefficient (Wildman–Crippen LogP) is -1.92. The lowest BCUT2D eigenvalue weighted by atomic mass is 10.0. The Morgan fingerprint density at radius 3 is 2.82 bits per heavy atom. The lowest BCUT2D eigenvalue weighted by Crippen LogP contribution is -2.71. The summed E-state index contributed by atoms with van der Waals surface area (Å²) in [5, 5.41) is 35.4. The Kier molecular flexibility index (Phi) is 8.08. The number of nitrogens with zero attached hydrogens (tertiary/aromatic N) is 8. The van der Waals surface area contributed by atoms with Crippen LogP contribution < -0.4 is 11.1 Å². The van der Waals surface area contributed by atoms with E-state index in [1.165, 1.54) is 28.2 Å². The molecule has 4 heterocycles. The molecule has 2 aromatic rings. The zero-order valence-electron chi connectivity index (χ0n) is 18.9. The van der Waals surface area contributed by atoms with Gasteiger partial charge in [0.25, 0.3) is 11.8 Å². The Bertz CT molecular complexity index is 1400. The fraction of sp³-hybridized carbons (Fsp3) is 0.333. The maximum absolute atomic E-state index is 13.0. The van der Waals surface area contributed by atoms with Gasteiger partial charge in [-0.15, -0.1) is 23.3 Å². The topological polar surface area (TPSA) is 241 Å². The quantitative estimate of drug-likeness (QED) is 0.0744. The third kappa shape index (κ3) is 5.53. The number of hydrogen-bond acceptors (Lipinski definition) is 15. The van der Waals surface area contributed by atoms with Crippen molar-refractivity contribution in [2.24, 2.45) is 5.16 Å². The van der Waals surface area contributed by atoms with Crippen molar-refractivity contribution >= 4 is 69.7 Å². The second-order valence-electron chi connectivity index (χ2n) is 7.29. The maximum Gasteiger partial charge on any atom is 0.352 e. The van der Waals surface area contributed by atoms with Crippen LogP contribution in [-0.2, 0) is 30.6 Å². The van der Waals surface area contributed by atoms with E-state index >= 15 is 0 Å². The van der Waals surface area contributed by atoms with Crippen LogP contribution in [0.4, 0.5) is 5.13 Å². The van der Waals surface area contributed by atoms with Gasteiger partial charge in [0.1, 0.15) is 23.7 Å². The van der Waals surface area contributed by atoms with E-state index in [1.807, 2.05) is 0 Å². The first-order valence-electron chi connectivity index (χ1n) is 10.3. The summed E-state index contributed by atoms with van der Waals surface area (Å²) in [5.41, 5.74) is 5.32. The number of nitrogens with two attached hydrogens (primary N) is 1. The van der Waals surface area contributed by atoms with Crippen LogP contribution in [0.5, 0.6) is 0 Å². The average Bonchev–Trinajstić information content (AvgIpc) is 3.51. The molecule has 5 N–H and O–H groups in total. The average molecular weight is 581 g/mol. The van der Waals surface area contributed by atoms with Crippen LogP contribution in [0.25, 0.3) is 0 Å². The van der Waals surface area contributed by atoms with Crippen molar-refractivity contribution in [3.05, 3.63) is 17.1 Å². The van der Waals surface area contributed by atoms with Crippen LogP contribution >= 0.6 is 35.1 Å². The van der Waals surface area contributed by atoms with E-state index in [1.54, 1.807) is 0 Å². The maximum atomic E-state index is 13.0. The van der Waals surface area contributed by atoms with E-state index in [-0.39, 0.29) is 34.7 Å². The van der Waals surface area contributed by atoms with Crippen LogP contribution in [0.1, 0.15) is 5.82 Å². The molecule has 0 aromatic carbocycles. The van der Waals surface area contributed by atoms with E-state index in [2.05, 4.69) is 46.1 Å². The number of hydrogen-bond donors (Lipinski definition) is 4. The molecule has 2 amide bonds. The number of aliphatic carboxylic acids is 2. The van der Waals surface area contributed by atoms with Crippen LogP contribution in [0, 0.1) is 12.3 Å². The molecule has 4 rings (SSSR count). The van der Waals surface area contributed by atoms with Crippen molar-refractivity contribution in [3.8, 4) is 12.3 Å². The molecule has 0 saturated carbocycles. The van der Waals surface area contributed by atoms with Crippen molar-refractivity contribution < 1.29 is 34.2 Å². The Labute approximate surface area is 225 Å². The minimum absolute atomic E-state index is 0.0161. The molecular formula is C18H16N10O7S3. The Morgan fingerprint density at radius 2 is 2.16 bits per heavy atom. The molecule has 20 heteroatoms. The zero-order valence-corrected chi connectivity index (χ0v) is 21.3. The van der Waals surface area contributed by atoms with Crippen LogP contribution in [0.3, 0.4) is 0 Å². The number of aromatic nitrogens is 6. The van der Waals surface area contributed by atoms with Gasteiger partial charge >= 0.3 is 11.9 Å². The van der Waals surface area contributed by atoms with E-state index < -0.39 is 47.5 Å². The van der Waals surface area contributed by atoms with Crippen molar-refractivity contribution in [1.29, 1.82) is 0 Å². The lowest BCUT2D eigenvalue weighted by Gasteiger charge is -2.49. The summed E-state index contributed by atoms with van der Waals surface area (Å²) in [5.74, 6) is -1.63. The number of carboxylic acid groups (broad SMARTS) is 2. The van der Waals surface area contributed by atoms with Gasteiger partial charge in [-0.3, -0.25) is 14.5 Å². The molecule has 2 aromatic heterocycles. The van der Waals surface area contributed by atoms with E-state index in [4.69, 9.17) is 17.3 Å². The van der Waals surface area contributed by atoms with Crippen molar-refractivity contribution in [2.45, 2.75) is 23.1 Å². The molecule has 2 aliphatic heterocycles. The van der Waals surface area contributed by atoms with Crippen LogP contribution in [-0.4, -0.2) is 104 Å². The number of nitrogen functional groups attached to an aromatic ring is 1. The van der Waals surface area contributed by atoms with Crippen LogP contribution in [0.2, 0.25) is 0 Å². The fourth-order valence-electron chi connectivity index (χ4n) is 3.31. The fourth-order valence-corrected chi connectivity index (χ4v) is 6.10. The van der Waals surface area contributed by atoms with Gasteiger partial charge in [-0.25, -0.2) is 14.3 Å². The summed E-state index contributed by atoms with van der Waals surface area (Å²) in [6, 6.07) is -1.10. The summed E-state index contributed by atoms with van der Waals surface area (Å²) in [6.07, 6.45) is 5.29. The SMILES string of the molecule is C#CCn1nnnc1SCC1=C(C(=O)O)N2C(=O)C(NC(=O)/C(=N\OCC(=O)O)c3nsc(N)n3)[C@H]2SC1. The first kappa shape index (κ1) is 26.8.